The highest BCUT2D eigenvalue weighted by Gasteiger charge is 2.33. The monoisotopic (exact) mass is 338 g/mol. The number of primary amides is 1. The molecule has 0 aromatic rings. The van der Waals surface area contributed by atoms with Crippen LogP contribution in [0.25, 0.3) is 0 Å². The molecule has 24 heavy (non-hydrogen) atoms. The maximum Gasteiger partial charge on any atom is 0.231 e. The predicted octanol–water partition coefficient (Wildman–Crippen LogP) is -0.399. The van der Waals surface area contributed by atoms with E-state index < -0.39 is 0 Å². The molecule has 0 unspecified atom stereocenters. The van der Waals surface area contributed by atoms with E-state index in [1.165, 1.54) is 0 Å². The second kappa shape index (κ2) is 9.13. The average molecular weight is 338 g/mol. The largest absolute Gasteiger partial charge is 0.369 e. The molecule has 1 heterocycles. The summed E-state index contributed by atoms with van der Waals surface area (Å²) in [6.45, 7) is 6.73. The van der Waals surface area contributed by atoms with Crippen molar-refractivity contribution in [3.8, 4) is 0 Å². The molecule has 1 aliphatic heterocycles. The minimum absolute atomic E-state index is 0.0299. The van der Waals surface area contributed by atoms with Crippen molar-refractivity contribution in [2.24, 2.45) is 17.6 Å². The van der Waals surface area contributed by atoms with Crippen LogP contribution in [0.2, 0.25) is 0 Å². The highest BCUT2D eigenvalue weighted by molar-refractivity contribution is 5.87. The maximum atomic E-state index is 12.4. The van der Waals surface area contributed by atoms with Gasteiger partial charge in [-0.2, -0.15) is 0 Å². The van der Waals surface area contributed by atoms with Gasteiger partial charge in [-0.15, -0.1) is 0 Å². The molecule has 2 rings (SSSR count). The molecule has 1 aliphatic carbocycles. The van der Waals surface area contributed by atoms with Crippen LogP contribution in [-0.4, -0.2) is 73.2 Å². The second-order valence-corrected chi connectivity index (χ2v) is 6.98. The molecule has 7 nitrogen and oxygen atoms in total. The van der Waals surface area contributed by atoms with Gasteiger partial charge in [0.05, 0.1) is 6.54 Å². The minimum atomic E-state index is -0.289. The number of nitrogens with two attached hydrogens (primary N) is 1. The van der Waals surface area contributed by atoms with E-state index in [9.17, 15) is 14.4 Å². The van der Waals surface area contributed by atoms with Crippen LogP contribution >= 0.6 is 0 Å². The lowest BCUT2D eigenvalue weighted by atomic mass is 9.77. The van der Waals surface area contributed by atoms with E-state index in [2.05, 4.69) is 15.1 Å². The van der Waals surface area contributed by atoms with Crippen LogP contribution in [0.3, 0.4) is 0 Å². The third kappa shape index (κ3) is 5.56. The van der Waals surface area contributed by atoms with Gasteiger partial charge in [-0.1, -0.05) is 12.8 Å². The summed E-state index contributed by atoms with van der Waals surface area (Å²) in [6.07, 6.45) is 3.74. The Kier molecular flexibility index (Phi) is 7.17. The fourth-order valence-electron chi connectivity index (χ4n) is 3.79. The van der Waals surface area contributed by atoms with Crippen molar-refractivity contribution in [1.82, 2.24) is 15.1 Å². The van der Waals surface area contributed by atoms with Gasteiger partial charge < -0.3 is 11.1 Å². The smallest absolute Gasteiger partial charge is 0.231 e. The lowest BCUT2D eigenvalue weighted by Crippen LogP contribution is -2.50. The number of Topliss-reactive ketones (excluding diaryl/α,β-unsaturated/α-hetero) is 1. The first kappa shape index (κ1) is 18.9. The number of rotatable bonds is 7. The molecular weight excluding hydrogens is 308 g/mol. The topological polar surface area (TPSA) is 95.7 Å². The zero-order valence-corrected chi connectivity index (χ0v) is 14.6. The summed E-state index contributed by atoms with van der Waals surface area (Å²) in [4.78, 5) is 39.4. The summed E-state index contributed by atoms with van der Waals surface area (Å²) >= 11 is 0. The second-order valence-electron chi connectivity index (χ2n) is 6.98. The van der Waals surface area contributed by atoms with Gasteiger partial charge in [0.15, 0.2) is 0 Å². The van der Waals surface area contributed by atoms with Gasteiger partial charge in [0.1, 0.15) is 5.78 Å². The quantitative estimate of drug-likeness (QED) is 0.659. The molecule has 3 N–H and O–H groups in total. The highest BCUT2D eigenvalue weighted by Crippen LogP contribution is 2.30. The summed E-state index contributed by atoms with van der Waals surface area (Å²) in [5, 5.41) is 3.01. The molecule has 136 valence electrons. The summed E-state index contributed by atoms with van der Waals surface area (Å²) in [5.74, 6) is -0.370. The number of carbonyl (C=O) groups is 3. The molecule has 0 spiro atoms. The van der Waals surface area contributed by atoms with Crippen LogP contribution in [0.1, 0.15) is 32.6 Å². The molecular formula is C17H30N4O3. The fraction of sp³-hybridized carbons (Fsp3) is 0.824. The van der Waals surface area contributed by atoms with Gasteiger partial charge in [-0.25, -0.2) is 0 Å². The number of carbonyl (C=O) groups excluding carboxylic acids is 3. The first-order valence-electron chi connectivity index (χ1n) is 8.98. The SMILES string of the molecule is CC(=O)[C@H]1CCCC[C@H]1C(=O)NCCN1CCN(CC(N)=O)CC1. The Labute approximate surface area is 143 Å². The number of hydrogen-bond acceptors (Lipinski definition) is 5. The first-order valence-corrected chi connectivity index (χ1v) is 8.98. The molecule has 0 aromatic heterocycles. The van der Waals surface area contributed by atoms with Crippen LogP contribution in [0, 0.1) is 11.8 Å². The maximum absolute atomic E-state index is 12.4. The van der Waals surface area contributed by atoms with E-state index in [4.69, 9.17) is 5.73 Å². The highest BCUT2D eigenvalue weighted by atomic mass is 16.2. The Morgan fingerprint density at radius 3 is 2.17 bits per heavy atom. The van der Waals surface area contributed by atoms with Crippen LogP contribution in [0.15, 0.2) is 0 Å². The van der Waals surface area contributed by atoms with E-state index >= 15 is 0 Å². The van der Waals surface area contributed by atoms with Gasteiger partial charge in [0, 0.05) is 51.1 Å². The van der Waals surface area contributed by atoms with Crippen LogP contribution in [0.5, 0.6) is 0 Å². The molecule has 2 aliphatic rings. The molecule has 1 saturated carbocycles. The van der Waals surface area contributed by atoms with E-state index in [1.54, 1.807) is 6.92 Å². The van der Waals surface area contributed by atoms with E-state index in [-0.39, 0.29) is 29.4 Å². The van der Waals surface area contributed by atoms with Gasteiger partial charge >= 0.3 is 0 Å². The standard InChI is InChI=1S/C17H30N4O3/c1-13(22)14-4-2-3-5-15(14)17(24)19-6-7-20-8-10-21(11-9-20)12-16(18)23/h14-15H,2-12H2,1H3,(H2,18,23)(H,19,24)/t14-,15-/m1/s1. The third-order valence-corrected chi connectivity index (χ3v) is 5.20. The summed E-state index contributed by atoms with van der Waals surface area (Å²) in [5.41, 5.74) is 5.21. The minimum Gasteiger partial charge on any atom is -0.369 e. The molecule has 1 saturated heterocycles. The Morgan fingerprint density at radius 2 is 1.58 bits per heavy atom. The molecule has 2 fully saturated rings. The van der Waals surface area contributed by atoms with Crippen LogP contribution in [-0.2, 0) is 14.4 Å². The van der Waals surface area contributed by atoms with Gasteiger partial charge in [-0.3, -0.25) is 24.2 Å². The molecule has 0 bridgehead atoms. The van der Waals surface area contributed by atoms with Crippen molar-refractivity contribution < 1.29 is 14.4 Å². The van der Waals surface area contributed by atoms with Crippen molar-refractivity contribution in [2.75, 3.05) is 45.8 Å². The zero-order chi connectivity index (χ0) is 17.5. The van der Waals surface area contributed by atoms with Gasteiger partial charge in [0.25, 0.3) is 0 Å². The average Bonchev–Trinajstić information content (AvgIpc) is 2.56. The Morgan fingerprint density at radius 1 is 1.00 bits per heavy atom. The number of ketones is 1. The van der Waals surface area contributed by atoms with E-state index in [0.29, 0.717) is 13.1 Å². The molecule has 2 amide bonds. The number of amides is 2. The third-order valence-electron chi connectivity index (χ3n) is 5.20. The number of piperazine rings is 1. The van der Waals surface area contributed by atoms with Gasteiger partial charge in [-0.05, 0) is 19.8 Å². The molecule has 0 radical (unpaired) electrons. The van der Waals surface area contributed by atoms with E-state index in [0.717, 1.165) is 58.4 Å². The first-order chi connectivity index (χ1) is 11.5. The Balaban J connectivity index is 1.67. The Hall–Kier alpha value is -1.47. The van der Waals surface area contributed by atoms with Crippen LogP contribution < -0.4 is 11.1 Å². The predicted molar refractivity (Wildman–Crippen MR) is 91.2 cm³/mol. The van der Waals surface area contributed by atoms with Crippen molar-refractivity contribution in [3.63, 3.8) is 0 Å². The van der Waals surface area contributed by atoms with Crippen LogP contribution in [0.4, 0.5) is 0 Å². The summed E-state index contributed by atoms with van der Waals surface area (Å²) in [6, 6.07) is 0. The molecule has 2 atom stereocenters. The normalized spacial score (nSPS) is 26.0. The number of nitrogens with one attached hydrogen (secondary N) is 1. The number of nitrogens with zero attached hydrogens (tertiary/aromatic N) is 2. The summed E-state index contributed by atoms with van der Waals surface area (Å²) < 4.78 is 0. The van der Waals surface area contributed by atoms with Gasteiger partial charge in [0.2, 0.25) is 11.8 Å². The lowest BCUT2D eigenvalue weighted by Gasteiger charge is -2.34. The lowest BCUT2D eigenvalue weighted by molar-refractivity contribution is -0.134. The van der Waals surface area contributed by atoms with Crippen molar-refractivity contribution in [1.29, 1.82) is 0 Å². The summed E-state index contributed by atoms with van der Waals surface area (Å²) in [7, 11) is 0. The fourth-order valence-corrected chi connectivity index (χ4v) is 3.79. The molecule has 0 aromatic carbocycles. The van der Waals surface area contributed by atoms with Crippen molar-refractivity contribution in [2.45, 2.75) is 32.6 Å². The Bertz CT molecular complexity index is 461. The van der Waals surface area contributed by atoms with Crippen molar-refractivity contribution in [3.05, 3.63) is 0 Å². The zero-order valence-electron chi connectivity index (χ0n) is 14.6. The number of hydrogen-bond donors (Lipinski definition) is 2. The van der Waals surface area contributed by atoms with E-state index in [1.807, 2.05) is 0 Å². The molecule has 7 heteroatoms. The van der Waals surface area contributed by atoms with Crippen molar-refractivity contribution >= 4 is 17.6 Å².